The van der Waals surface area contributed by atoms with Crippen LogP contribution in [0.25, 0.3) is 0 Å². The fourth-order valence-electron chi connectivity index (χ4n) is 2.53. The van der Waals surface area contributed by atoms with Crippen LogP contribution in [0.1, 0.15) is 5.56 Å². The summed E-state index contributed by atoms with van der Waals surface area (Å²) in [5.74, 6) is -3.08. The van der Waals surface area contributed by atoms with Crippen molar-refractivity contribution in [2.45, 2.75) is 18.8 Å². The molecule has 1 aliphatic rings. The number of amides is 2. The molecule has 10 heteroatoms. The van der Waals surface area contributed by atoms with E-state index in [1.165, 1.54) is 11.9 Å². The summed E-state index contributed by atoms with van der Waals surface area (Å²) in [5, 5.41) is 2.90. The highest BCUT2D eigenvalue weighted by molar-refractivity contribution is 5.91. The van der Waals surface area contributed by atoms with E-state index in [2.05, 4.69) is 10.1 Å². The van der Waals surface area contributed by atoms with Gasteiger partial charge in [0.05, 0.1) is 0 Å². The minimum atomic E-state index is -5.28. The summed E-state index contributed by atoms with van der Waals surface area (Å²) < 4.78 is 40.7. The van der Waals surface area contributed by atoms with E-state index in [4.69, 9.17) is 0 Å². The van der Waals surface area contributed by atoms with Gasteiger partial charge in [0.25, 0.3) is 0 Å². The maximum atomic E-state index is 12.6. The lowest BCUT2D eigenvalue weighted by molar-refractivity contribution is -0.194. The summed E-state index contributed by atoms with van der Waals surface area (Å²) in [4.78, 5) is 37.6. The zero-order valence-corrected chi connectivity index (χ0v) is 14.0. The Balaban J connectivity index is 2.06. The molecule has 0 unspecified atom stereocenters. The summed E-state index contributed by atoms with van der Waals surface area (Å²) >= 11 is 0. The van der Waals surface area contributed by atoms with Gasteiger partial charge in [-0.15, -0.1) is 0 Å². The van der Waals surface area contributed by atoms with Gasteiger partial charge in [0, 0.05) is 33.2 Å². The topological polar surface area (TPSA) is 79.0 Å². The lowest BCUT2D eigenvalue weighted by Gasteiger charge is -2.36. The largest absolute Gasteiger partial charge is 0.491 e. The number of halogens is 3. The zero-order valence-electron chi connectivity index (χ0n) is 14.0. The second-order valence-corrected chi connectivity index (χ2v) is 5.75. The molecule has 0 bridgehead atoms. The van der Waals surface area contributed by atoms with Crippen LogP contribution >= 0.6 is 0 Å². The maximum absolute atomic E-state index is 12.6. The van der Waals surface area contributed by atoms with Crippen molar-refractivity contribution in [1.29, 1.82) is 0 Å². The van der Waals surface area contributed by atoms with Crippen molar-refractivity contribution in [2.75, 3.05) is 26.7 Å². The van der Waals surface area contributed by atoms with Gasteiger partial charge in [-0.1, -0.05) is 30.3 Å². The SMILES string of the molecule is CN(Cc1ccccc1)C(=O)[C@@H]1CNCCN1C(=O)OC(=O)C(F)(F)F. The van der Waals surface area contributed by atoms with Crippen molar-refractivity contribution in [3.05, 3.63) is 35.9 Å². The fraction of sp³-hybridized carbons (Fsp3) is 0.438. The van der Waals surface area contributed by atoms with Crippen LogP contribution in [-0.2, 0) is 20.9 Å². The number of benzene rings is 1. The van der Waals surface area contributed by atoms with Crippen LogP contribution in [0.3, 0.4) is 0 Å². The maximum Gasteiger partial charge on any atom is 0.491 e. The quantitative estimate of drug-likeness (QED) is 0.635. The number of ether oxygens (including phenoxy) is 1. The molecule has 1 aromatic rings. The van der Waals surface area contributed by atoms with Gasteiger partial charge in [-0.2, -0.15) is 13.2 Å². The van der Waals surface area contributed by atoms with Crippen molar-refractivity contribution in [1.82, 2.24) is 15.1 Å². The molecule has 142 valence electrons. The van der Waals surface area contributed by atoms with E-state index in [1.54, 1.807) is 0 Å². The number of likely N-dealkylation sites (N-methyl/N-ethyl adjacent to an activating group) is 1. The molecule has 1 heterocycles. The standard InChI is InChI=1S/C16H18F3N3O4/c1-21(10-11-5-3-2-4-6-11)13(23)12-9-20-7-8-22(12)15(25)26-14(24)16(17,18)19/h2-6,12,20H,7-10H2,1H3/t12-/m0/s1. The molecular weight excluding hydrogens is 355 g/mol. The van der Waals surface area contributed by atoms with Gasteiger partial charge in [-0.05, 0) is 5.56 Å². The molecule has 0 aliphatic carbocycles. The molecule has 0 saturated carbocycles. The summed E-state index contributed by atoms with van der Waals surface area (Å²) in [6.45, 7) is 0.523. The average molecular weight is 373 g/mol. The van der Waals surface area contributed by atoms with E-state index in [0.29, 0.717) is 0 Å². The van der Waals surface area contributed by atoms with Gasteiger partial charge in [0.1, 0.15) is 6.04 Å². The first kappa shape index (κ1) is 19.7. The molecule has 1 atom stereocenters. The molecule has 7 nitrogen and oxygen atoms in total. The molecular formula is C16H18F3N3O4. The molecule has 2 amide bonds. The number of carbonyl (C=O) groups excluding carboxylic acids is 3. The van der Waals surface area contributed by atoms with Crippen LogP contribution in [0.2, 0.25) is 0 Å². The first-order valence-corrected chi connectivity index (χ1v) is 7.79. The van der Waals surface area contributed by atoms with Gasteiger partial charge >= 0.3 is 18.2 Å². The molecule has 0 aromatic heterocycles. The summed E-state index contributed by atoms with van der Waals surface area (Å²) in [7, 11) is 1.52. The lowest BCUT2D eigenvalue weighted by Crippen LogP contribution is -2.60. The highest BCUT2D eigenvalue weighted by Crippen LogP contribution is 2.18. The number of alkyl halides is 3. The third kappa shape index (κ3) is 4.94. The normalized spacial score (nSPS) is 17.5. The van der Waals surface area contributed by atoms with Gasteiger partial charge < -0.3 is 15.0 Å². The Morgan fingerprint density at radius 1 is 1.27 bits per heavy atom. The van der Waals surface area contributed by atoms with Gasteiger partial charge in [-0.25, -0.2) is 9.59 Å². The van der Waals surface area contributed by atoms with Crippen LogP contribution < -0.4 is 5.32 Å². The summed E-state index contributed by atoms with van der Waals surface area (Å²) in [6, 6.07) is 8.01. The van der Waals surface area contributed by atoms with E-state index in [0.717, 1.165) is 10.5 Å². The van der Waals surface area contributed by atoms with E-state index in [-0.39, 0.29) is 26.2 Å². The number of piperazine rings is 1. The minimum absolute atomic E-state index is 0.0489. The van der Waals surface area contributed by atoms with Crippen molar-refractivity contribution in [3.63, 3.8) is 0 Å². The van der Waals surface area contributed by atoms with Crippen molar-refractivity contribution in [3.8, 4) is 0 Å². The third-order valence-corrected chi connectivity index (χ3v) is 3.81. The molecule has 1 aromatic carbocycles. The molecule has 1 fully saturated rings. The van der Waals surface area contributed by atoms with Crippen LogP contribution in [0.5, 0.6) is 0 Å². The highest BCUT2D eigenvalue weighted by atomic mass is 19.4. The Hall–Kier alpha value is -2.62. The predicted octanol–water partition coefficient (Wildman–Crippen LogP) is 1.14. The lowest BCUT2D eigenvalue weighted by atomic mass is 10.1. The van der Waals surface area contributed by atoms with E-state index < -0.39 is 30.2 Å². The Labute approximate surface area is 147 Å². The second kappa shape index (κ2) is 8.17. The number of nitrogens with zero attached hydrogens (tertiary/aromatic N) is 2. The Bertz CT molecular complexity index is 666. The van der Waals surface area contributed by atoms with E-state index in [9.17, 15) is 27.6 Å². The summed E-state index contributed by atoms with van der Waals surface area (Å²) in [5.41, 5.74) is 0.855. The van der Waals surface area contributed by atoms with Crippen molar-refractivity contribution < 1.29 is 32.3 Å². The molecule has 1 saturated heterocycles. The second-order valence-electron chi connectivity index (χ2n) is 5.75. The first-order chi connectivity index (χ1) is 12.2. The molecule has 0 spiro atoms. The summed E-state index contributed by atoms with van der Waals surface area (Å²) in [6.07, 6.45) is -6.77. The Morgan fingerprint density at radius 3 is 2.54 bits per heavy atom. The highest BCUT2D eigenvalue weighted by Gasteiger charge is 2.44. The zero-order chi connectivity index (χ0) is 19.3. The van der Waals surface area contributed by atoms with Crippen molar-refractivity contribution in [2.24, 2.45) is 0 Å². The third-order valence-electron chi connectivity index (χ3n) is 3.81. The molecule has 1 N–H and O–H groups in total. The number of carbonyl (C=O) groups is 3. The van der Waals surface area contributed by atoms with Crippen molar-refractivity contribution >= 4 is 18.0 Å². The molecule has 2 rings (SSSR count). The van der Waals surface area contributed by atoms with E-state index in [1.807, 2.05) is 30.3 Å². The van der Waals surface area contributed by atoms with Crippen LogP contribution in [-0.4, -0.2) is 66.7 Å². The number of nitrogens with one attached hydrogen (secondary N) is 1. The first-order valence-electron chi connectivity index (χ1n) is 7.79. The predicted molar refractivity (Wildman–Crippen MR) is 83.8 cm³/mol. The van der Waals surface area contributed by atoms with Gasteiger partial charge in [0.2, 0.25) is 5.91 Å². The Kier molecular flexibility index (Phi) is 6.19. The number of hydrogen-bond acceptors (Lipinski definition) is 5. The van der Waals surface area contributed by atoms with Crippen LogP contribution in [0.4, 0.5) is 18.0 Å². The van der Waals surface area contributed by atoms with Gasteiger partial charge in [-0.3, -0.25) is 9.69 Å². The monoisotopic (exact) mass is 373 g/mol. The number of rotatable bonds is 3. The Morgan fingerprint density at radius 2 is 1.92 bits per heavy atom. The smallest absolute Gasteiger partial charge is 0.369 e. The minimum Gasteiger partial charge on any atom is -0.369 e. The molecule has 26 heavy (non-hydrogen) atoms. The van der Waals surface area contributed by atoms with E-state index >= 15 is 0 Å². The molecule has 1 aliphatic heterocycles. The molecule has 0 radical (unpaired) electrons. The number of hydrogen-bond donors (Lipinski definition) is 1. The van der Waals surface area contributed by atoms with Gasteiger partial charge in [0.15, 0.2) is 0 Å². The van der Waals surface area contributed by atoms with Crippen LogP contribution in [0, 0.1) is 0 Å². The fourth-order valence-corrected chi connectivity index (χ4v) is 2.53. The number of esters is 1. The van der Waals surface area contributed by atoms with Crippen LogP contribution in [0.15, 0.2) is 30.3 Å². The average Bonchev–Trinajstić information content (AvgIpc) is 2.61.